The van der Waals surface area contributed by atoms with Crippen LogP contribution in [-0.4, -0.2) is 24.1 Å². The number of imidazole rings is 2. The molecule has 3 aromatic heterocycles. The number of aromatic nitrogens is 5. The van der Waals surface area contributed by atoms with E-state index in [1.165, 1.54) is 0 Å². The van der Waals surface area contributed by atoms with Gasteiger partial charge in [-0.05, 0) is 12.1 Å². The van der Waals surface area contributed by atoms with Gasteiger partial charge in [0.25, 0.3) is 0 Å². The van der Waals surface area contributed by atoms with E-state index < -0.39 is 0 Å². The number of aryl methyl sites for hydroxylation is 2. The third-order valence-electron chi connectivity index (χ3n) is 2.85. The van der Waals surface area contributed by atoms with E-state index in [9.17, 15) is 0 Å². The van der Waals surface area contributed by atoms with Crippen molar-refractivity contribution in [1.82, 2.24) is 24.1 Å². The van der Waals surface area contributed by atoms with Crippen LogP contribution in [0.5, 0.6) is 0 Å². The second kappa shape index (κ2) is 8.20. The maximum absolute atomic E-state index is 4.61. The fourth-order valence-corrected chi connectivity index (χ4v) is 1.91. The molecule has 3 aromatic rings. The molecule has 0 saturated carbocycles. The van der Waals surface area contributed by atoms with Crippen molar-refractivity contribution in [3.8, 4) is 23.0 Å². The van der Waals surface area contributed by atoms with Crippen LogP contribution in [0.4, 0.5) is 0 Å². The van der Waals surface area contributed by atoms with Crippen LogP contribution in [0.2, 0.25) is 0 Å². The van der Waals surface area contributed by atoms with Crippen molar-refractivity contribution >= 4 is 0 Å². The molecule has 0 bridgehead atoms. The molecule has 0 radical (unpaired) electrons. The van der Waals surface area contributed by atoms with Crippen molar-refractivity contribution in [3.05, 3.63) is 43.0 Å². The number of nitrogens with zero attached hydrogens (tertiary/aromatic N) is 5. The number of hydrogen-bond acceptors (Lipinski definition) is 3. The Labute approximate surface area is 146 Å². The summed E-state index contributed by atoms with van der Waals surface area (Å²) in [5.74, 6) is 1.71. The SMILES string of the molecule is Cn1ccnc1-c1cccc(-c2nccn2C)n1.[Cl-].[Cl-].[Fe+2]. The van der Waals surface area contributed by atoms with Crippen molar-refractivity contribution in [2.45, 2.75) is 0 Å². The Morgan fingerprint density at radius 1 is 0.810 bits per heavy atom. The molecule has 112 valence electrons. The van der Waals surface area contributed by atoms with Crippen molar-refractivity contribution in [2.24, 2.45) is 14.1 Å². The van der Waals surface area contributed by atoms with Gasteiger partial charge in [0.05, 0.1) is 0 Å². The van der Waals surface area contributed by atoms with Crippen LogP contribution in [-0.2, 0) is 31.2 Å². The number of rotatable bonds is 2. The predicted molar refractivity (Wildman–Crippen MR) is 68.6 cm³/mol. The van der Waals surface area contributed by atoms with Gasteiger partial charge in [-0.15, -0.1) is 0 Å². The molecule has 0 atom stereocenters. The quantitative estimate of drug-likeness (QED) is 0.434. The molecule has 8 heteroatoms. The van der Waals surface area contributed by atoms with Gasteiger partial charge >= 0.3 is 17.1 Å². The number of halogens is 2. The van der Waals surface area contributed by atoms with E-state index in [2.05, 4.69) is 15.0 Å². The zero-order valence-electron chi connectivity index (χ0n) is 11.4. The third kappa shape index (κ3) is 3.86. The van der Waals surface area contributed by atoms with E-state index in [-0.39, 0.29) is 41.9 Å². The Kier molecular flexibility index (Phi) is 7.68. The average molecular weight is 366 g/mol. The average Bonchev–Trinajstić information content (AvgIpc) is 2.98. The normalized spacial score (nSPS) is 9.24. The molecule has 0 aliphatic carbocycles. The minimum atomic E-state index is 0. The summed E-state index contributed by atoms with van der Waals surface area (Å²) < 4.78 is 3.90. The first-order valence-electron chi connectivity index (χ1n) is 5.68. The fraction of sp³-hybridized carbons (Fsp3) is 0.154. The van der Waals surface area contributed by atoms with Crippen LogP contribution in [0, 0.1) is 0 Å². The summed E-state index contributed by atoms with van der Waals surface area (Å²) in [6, 6.07) is 5.88. The predicted octanol–water partition coefficient (Wildman–Crippen LogP) is -4.11. The first-order valence-corrected chi connectivity index (χ1v) is 5.68. The van der Waals surface area contributed by atoms with Crippen LogP contribution < -0.4 is 24.8 Å². The van der Waals surface area contributed by atoms with Crippen molar-refractivity contribution < 1.29 is 41.9 Å². The fourth-order valence-electron chi connectivity index (χ4n) is 1.91. The van der Waals surface area contributed by atoms with Gasteiger partial charge < -0.3 is 33.9 Å². The molecule has 0 aromatic carbocycles. The Bertz CT molecular complexity index is 640. The van der Waals surface area contributed by atoms with Gasteiger partial charge in [0.15, 0.2) is 11.6 Å². The molecule has 0 aliphatic rings. The van der Waals surface area contributed by atoms with Crippen molar-refractivity contribution in [2.75, 3.05) is 0 Å². The van der Waals surface area contributed by atoms with Crippen molar-refractivity contribution in [1.29, 1.82) is 0 Å². The number of hydrogen-bond donors (Lipinski definition) is 0. The first-order chi connectivity index (χ1) is 8.75. The van der Waals surface area contributed by atoms with E-state index in [1.807, 2.05) is 53.8 Å². The maximum atomic E-state index is 4.61. The zero-order chi connectivity index (χ0) is 12.5. The summed E-state index contributed by atoms with van der Waals surface area (Å²) in [5, 5.41) is 0. The van der Waals surface area contributed by atoms with Crippen LogP contribution in [0.3, 0.4) is 0 Å². The van der Waals surface area contributed by atoms with E-state index in [0.29, 0.717) is 0 Å². The molecule has 0 aliphatic heterocycles. The largest absolute Gasteiger partial charge is 2.00 e. The number of pyridine rings is 1. The Hall–Kier alpha value is -1.33. The molecule has 0 fully saturated rings. The minimum Gasteiger partial charge on any atom is -1.00 e. The molecule has 3 heterocycles. The van der Waals surface area contributed by atoms with Crippen LogP contribution in [0.1, 0.15) is 0 Å². The van der Waals surface area contributed by atoms with E-state index in [1.54, 1.807) is 12.4 Å². The van der Waals surface area contributed by atoms with E-state index in [0.717, 1.165) is 23.0 Å². The molecular weight excluding hydrogens is 353 g/mol. The van der Waals surface area contributed by atoms with Gasteiger partial charge in [-0.2, -0.15) is 0 Å². The van der Waals surface area contributed by atoms with Gasteiger partial charge in [0.2, 0.25) is 0 Å². The summed E-state index contributed by atoms with van der Waals surface area (Å²) in [4.78, 5) is 13.2. The smallest absolute Gasteiger partial charge is 1.00 e. The second-order valence-corrected chi connectivity index (χ2v) is 4.13. The zero-order valence-corrected chi connectivity index (χ0v) is 14.0. The van der Waals surface area contributed by atoms with Crippen molar-refractivity contribution in [3.63, 3.8) is 0 Å². The topological polar surface area (TPSA) is 48.5 Å². The molecule has 0 spiro atoms. The van der Waals surface area contributed by atoms with E-state index in [4.69, 9.17) is 0 Å². The molecule has 0 saturated heterocycles. The minimum absolute atomic E-state index is 0. The van der Waals surface area contributed by atoms with Gasteiger partial charge in [0.1, 0.15) is 11.4 Å². The third-order valence-corrected chi connectivity index (χ3v) is 2.85. The standard InChI is InChI=1S/C13H13N5.2ClH.Fe/c1-17-8-6-14-12(17)10-4-3-5-11(16-10)13-15-7-9-18(13)2;;;/h3-9H,1-2H3;2*1H;/q;;;+2/p-2. The molecule has 3 rings (SSSR count). The molecule has 5 nitrogen and oxygen atoms in total. The second-order valence-electron chi connectivity index (χ2n) is 4.13. The monoisotopic (exact) mass is 365 g/mol. The summed E-state index contributed by atoms with van der Waals surface area (Å²) in [6.45, 7) is 0. The van der Waals surface area contributed by atoms with Gasteiger partial charge in [-0.25, -0.2) is 15.0 Å². The summed E-state index contributed by atoms with van der Waals surface area (Å²) >= 11 is 0. The molecule has 0 amide bonds. The maximum Gasteiger partial charge on any atom is 2.00 e. The van der Waals surface area contributed by atoms with Gasteiger partial charge in [-0.3, -0.25) is 0 Å². The van der Waals surface area contributed by atoms with Gasteiger partial charge in [-0.1, -0.05) is 6.07 Å². The Balaban J connectivity index is 0.00000133. The van der Waals surface area contributed by atoms with E-state index >= 15 is 0 Å². The Morgan fingerprint density at radius 2 is 1.24 bits per heavy atom. The van der Waals surface area contributed by atoms with Crippen LogP contribution in [0.25, 0.3) is 23.0 Å². The van der Waals surface area contributed by atoms with Crippen LogP contribution >= 0.6 is 0 Å². The molecule has 0 N–H and O–H groups in total. The summed E-state index contributed by atoms with van der Waals surface area (Å²) in [7, 11) is 3.91. The van der Waals surface area contributed by atoms with Crippen LogP contribution in [0.15, 0.2) is 43.0 Å². The molecule has 21 heavy (non-hydrogen) atoms. The molecule has 0 unspecified atom stereocenters. The summed E-state index contributed by atoms with van der Waals surface area (Å²) in [5.41, 5.74) is 1.70. The Morgan fingerprint density at radius 3 is 1.57 bits per heavy atom. The van der Waals surface area contributed by atoms with Gasteiger partial charge in [0, 0.05) is 38.9 Å². The first kappa shape index (κ1) is 19.7. The molecular formula is C13H13Cl2FeN5. The summed E-state index contributed by atoms with van der Waals surface area (Å²) in [6.07, 6.45) is 7.35.